The number of hydrogen-bond acceptors (Lipinski definition) is 16. The van der Waals surface area contributed by atoms with Gasteiger partial charge in [-0.2, -0.15) is 0 Å². The van der Waals surface area contributed by atoms with Crippen LogP contribution in [0.2, 0.25) is 0 Å². The second-order valence-electron chi connectivity index (χ2n) is 16.3. The maximum atomic E-state index is 14.0. The topological polar surface area (TPSA) is 499 Å². The third-order valence-corrected chi connectivity index (χ3v) is 10.3. The van der Waals surface area contributed by atoms with E-state index in [1.54, 1.807) is 13.8 Å². The molecule has 21 N–H and O–H groups in total. The molecule has 1 saturated heterocycles. The SMILES string of the molecule is CC(C)[C@H](NC(=O)[C@H](CCCN=C(N)N)NC(=O)[C@H](CO)NC(=O)[C@@H]1CCCN1C(=O)[C@H](CC(=O)O)NC(=O)[C@H](CCCCN)NC(=O)[C@@H](NC(=O)[C@@H](N)CC(N)=O)[C@@H](C)O)C(=O)NCC(=O)O. The molecular weight excluding hydrogens is 905 g/mol. The minimum Gasteiger partial charge on any atom is -0.481 e. The molecule has 9 atom stereocenters. The van der Waals surface area contributed by atoms with Gasteiger partial charge in [-0.1, -0.05) is 13.8 Å². The fraction of sp³-hybridized carbons (Fsp3) is 0.692. The maximum Gasteiger partial charge on any atom is 0.322 e. The second kappa shape index (κ2) is 29.8. The van der Waals surface area contributed by atoms with Crippen molar-refractivity contribution < 1.29 is 73.2 Å². The third kappa shape index (κ3) is 20.8. The van der Waals surface area contributed by atoms with Crippen molar-refractivity contribution in [2.75, 3.05) is 32.8 Å². The summed E-state index contributed by atoms with van der Waals surface area (Å²) in [6.07, 6.45) is -2.56. The van der Waals surface area contributed by atoms with E-state index in [-0.39, 0.29) is 64.1 Å². The monoisotopic (exact) mass is 972 g/mol. The summed E-state index contributed by atoms with van der Waals surface area (Å²) >= 11 is 0. The average Bonchev–Trinajstić information content (AvgIpc) is 3.75. The molecule has 384 valence electrons. The Balaban J connectivity index is 3.33. The molecule has 1 heterocycles. The van der Waals surface area contributed by atoms with Crippen molar-refractivity contribution in [1.29, 1.82) is 0 Å². The molecule has 0 aromatic heterocycles. The van der Waals surface area contributed by atoms with Crippen LogP contribution in [-0.4, -0.2) is 184 Å². The molecule has 0 aromatic rings. The highest BCUT2D eigenvalue weighted by Gasteiger charge is 2.41. The summed E-state index contributed by atoms with van der Waals surface area (Å²) in [6, 6.07) is -12.3. The van der Waals surface area contributed by atoms with Gasteiger partial charge in [0.1, 0.15) is 48.8 Å². The van der Waals surface area contributed by atoms with Gasteiger partial charge in [-0.3, -0.25) is 57.7 Å². The number of nitrogens with two attached hydrogens (primary N) is 5. The summed E-state index contributed by atoms with van der Waals surface area (Å²) in [5.41, 5.74) is 27.1. The van der Waals surface area contributed by atoms with Gasteiger partial charge in [0.05, 0.1) is 31.6 Å². The minimum absolute atomic E-state index is 0.00674. The van der Waals surface area contributed by atoms with Gasteiger partial charge in [0.2, 0.25) is 53.2 Å². The van der Waals surface area contributed by atoms with Crippen LogP contribution in [0.3, 0.4) is 0 Å². The number of aliphatic carboxylic acids is 2. The highest BCUT2D eigenvalue weighted by atomic mass is 16.4. The number of carboxylic acids is 2. The average molecular weight is 973 g/mol. The molecule has 0 aliphatic carbocycles. The van der Waals surface area contributed by atoms with E-state index >= 15 is 0 Å². The van der Waals surface area contributed by atoms with Gasteiger partial charge in [-0.05, 0) is 64.3 Å². The number of carbonyl (C=O) groups is 11. The quantitative estimate of drug-likeness (QED) is 0.0174. The number of carbonyl (C=O) groups excluding carboxylic acids is 9. The van der Waals surface area contributed by atoms with Crippen molar-refractivity contribution in [2.24, 2.45) is 39.6 Å². The molecule has 29 heteroatoms. The van der Waals surface area contributed by atoms with E-state index in [1.165, 1.54) is 0 Å². The highest BCUT2D eigenvalue weighted by Crippen LogP contribution is 2.20. The molecule has 0 bridgehead atoms. The van der Waals surface area contributed by atoms with E-state index in [1.807, 2.05) is 0 Å². The smallest absolute Gasteiger partial charge is 0.322 e. The Morgan fingerprint density at radius 2 is 1.24 bits per heavy atom. The number of nitrogens with zero attached hydrogens (tertiary/aromatic N) is 2. The van der Waals surface area contributed by atoms with Crippen molar-refractivity contribution in [3.05, 3.63) is 0 Å². The lowest BCUT2D eigenvalue weighted by molar-refractivity contribution is -0.146. The maximum absolute atomic E-state index is 14.0. The van der Waals surface area contributed by atoms with Crippen LogP contribution in [0.1, 0.15) is 78.6 Å². The first kappa shape index (κ1) is 59.3. The van der Waals surface area contributed by atoms with Crippen LogP contribution >= 0.6 is 0 Å². The van der Waals surface area contributed by atoms with Gasteiger partial charge >= 0.3 is 11.9 Å². The Labute approximate surface area is 391 Å². The van der Waals surface area contributed by atoms with Crippen LogP contribution in [-0.2, 0) is 52.7 Å². The normalized spacial score (nSPS) is 16.8. The molecule has 9 amide bonds. The van der Waals surface area contributed by atoms with Crippen molar-refractivity contribution in [3.63, 3.8) is 0 Å². The molecule has 1 aliphatic rings. The number of likely N-dealkylation sites (tertiary alicyclic amines) is 1. The van der Waals surface area contributed by atoms with Crippen LogP contribution < -0.4 is 65.9 Å². The summed E-state index contributed by atoms with van der Waals surface area (Å²) in [7, 11) is 0. The number of unbranched alkanes of at least 4 members (excludes halogenated alkanes) is 1. The van der Waals surface area contributed by atoms with Crippen LogP contribution in [0.5, 0.6) is 0 Å². The fourth-order valence-corrected chi connectivity index (χ4v) is 6.72. The summed E-state index contributed by atoms with van der Waals surface area (Å²) < 4.78 is 0. The Hall–Kier alpha value is -6.72. The number of aliphatic hydroxyl groups is 2. The largest absolute Gasteiger partial charge is 0.481 e. The Bertz CT molecular complexity index is 1830. The Kier molecular flexibility index (Phi) is 26.0. The lowest BCUT2D eigenvalue weighted by atomic mass is 10.0. The van der Waals surface area contributed by atoms with Crippen LogP contribution in [0.4, 0.5) is 0 Å². The molecule has 0 aromatic carbocycles. The van der Waals surface area contributed by atoms with Crippen molar-refractivity contribution in [2.45, 2.75) is 133 Å². The number of guanidine groups is 1. The first-order chi connectivity index (χ1) is 31.8. The summed E-state index contributed by atoms with van der Waals surface area (Å²) in [5, 5.41) is 55.5. The minimum atomic E-state index is -1.84. The number of rotatable bonds is 31. The number of carboxylic acid groups (broad SMARTS) is 2. The molecular formula is C39H68N14O15. The molecule has 1 fully saturated rings. The zero-order valence-corrected chi connectivity index (χ0v) is 38.2. The third-order valence-electron chi connectivity index (χ3n) is 10.3. The van der Waals surface area contributed by atoms with Gasteiger partial charge in [0.15, 0.2) is 5.96 Å². The summed E-state index contributed by atoms with van der Waals surface area (Å²) in [6.45, 7) is 2.58. The molecule has 1 rings (SSSR count). The number of hydrogen-bond donors (Lipinski definition) is 16. The van der Waals surface area contributed by atoms with Gasteiger partial charge < -0.3 is 91.2 Å². The fourth-order valence-electron chi connectivity index (χ4n) is 6.72. The highest BCUT2D eigenvalue weighted by molar-refractivity contribution is 5.99. The standard InChI is InChI=1S/C39H68N14O15/c1-18(2)29(36(66)46-16-28(59)60)51-33(63)22(9-6-12-45-39(43)44)47-34(64)24(17-54)50-35(65)25-10-7-13-53(25)38(68)23(15-27(57)58)49-32(62)21(8-4-5-11-40)48-37(67)30(19(3)55)52-31(61)20(41)14-26(42)56/h18-25,29-30,54-55H,4-17,40-41H2,1-3H3,(H2,42,56)(H,46,66)(H,47,64)(H,48,67)(H,49,62)(H,50,65)(H,51,63)(H,52,61)(H,57,58)(H,59,60)(H4,43,44,45)/t19-,20+,21+,22+,23+,24+,25+,29+,30+/m1/s1. The summed E-state index contributed by atoms with van der Waals surface area (Å²) in [5.74, 6) is -12.6. The number of aliphatic hydroxyl groups excluding tert-OH is 2. The molecule has 68 heavy (non-hydrogen) atoms. The zero-order chi connectivity index (χ0) is 51.8. The van der Waals surface area contributed by atoms with E-state index in [0.29, 0.717) is 6.42 Å². The van der Waals surface area contributed by atoms with E-state index in [9.17, 15) is 68.1 Å². The van der Waals surface area contributed by atoms with Gasteiger partial charge in [0.25, 0.3) is 0 Å². The Morgan fingerprint density at radius 1 is 0.676 bits per heavy atom. The van der Waals surface area contributed by atoms with Crippen molar-refractivity contribution in [3.8, 4) is 0 Å². The molecule has 0 spiro atoms. The van der Waals surface area contributed by atoms with Gasteiger partial charge in [-0.25, -0.2) is 0 Å². The number of nitrogens with one attached hydrogen (secondary N) is 7. The first-order valence-corrected chi connectivity index (χ1v) is 21.8. The second-order valence-corrected chi connectivity index (χ2v) is 16.3. The lowest BCUT2D eigenvalue weighted by Gasteiger charge is -2.30. The summed E-state index contributed by atoms with van der Waals surface area (Å²) in [4.78, 5) is 146. The van der Waals surface area contributed by atoms with Crippen molar-refractivity contribution >= 4 is 71.1 Å². The molecule has 1 aliphatic heterocycles. The van der Waals surface area contributed by atoms with E-state index in [4.69, 9.17) is 33.8 Å². The number of primary amides is 1. The molecule has 0 unspecified atom stereocenters. The van der Waals surface area contributed by atoms with Crippen molar-refractivity contribution in [1.82, 2.24) is 42.1 Å². The zero-order valence-electron chi connectivity index (χ0n) is 38.2. The van der Waals surface area contributed by atoms with E-state index in [2.05, 4.69) is 42.2 Å². The number of aliphatic imine (C=N–C) groups is 1. The Morgan fingerprint density at radius 3 is 1.76 bits per heavy atom. The molecule has 0 saturated carbocycles. The predicted molar refractivity (Wildman–Crippen MR) is 237 cm³/mol. The molecule has 0 radical (unpaired) electrons. The lowest BCUT2D eigenvalue weighted by Crippen LogP contribution is -2.61. The van der Waals surface area contributed by atoms with Crippen LogP contribution in [0, 0.1) is 5.92 Å². The number of amides is 9. The van der Waals surface area contributed by atoms with E-state index in [0.717, 1.165) is 11.8 Å². The van der Waals surface area contributed by atoms with Crippen LogP contribution in [0.15, 0.2) is 4.99 Å². The predicted octanol–water partition coefficient (Wildman–Crippen LogP) is -8.02. The molecule has 29 nitrogen and oxygen atoms in total. The van der Waals surface area contributed by atoms with Crippen LogP contribution in [0.25, 0.3) is 0 Å². The van der Waals surface area contributed by atoms with Gasteiger partial charge in [-0.15, -0.1) is 0 Å². The van der Waals surface area contributed by atoms with Gasteiger partial charge in [0, 0.05) is 13.1 Å². The van der Waals surface area contributed by atoms with E-state index < -0.39 is 151 Å². The first-order valence-electron chi connectivity index (χ1n) is 21.8.